The lowest BCUT2D eigenvalue weighted by Gasteiger charge is -2.11. The zero-order valence-corrected chi connectivity index (χ0v) is 5.88. The van der Waals surface area contributed by atoms with Crippen LogP contribution in [0.5, 0.6) is 0 Å². The van der Waals surface area contributed by atoms with Crippen LogP contribution in [-0.2, 0) is 0 Å². The van der Waals surface area contributed by atoms with Gasteiger partial charge in [-0.05, 0) is 19.3 Å². The normalized spacial score (nSPS) is 17.3. The van der Waals surface area contributed by atoms with Gasteiger partial charge in [-0.1, -0.05) is 13.8 Å². The van der Waals surface area contributed by atoms with Gasteiger partial charge in [-0.25, -0.2) is 0 Å². The van der Waals surface area contributed by atoms with Crippen LogP contribution in [0, 0.1) is 6.92 Å². The van der Waals surface area contributed by atoms with Crippen molar-refractivity contribution in [3.05, 3.63) is 6.92 Å². The lowest BCUT2D eigenvalue weighted by Crippen LogP contribution is -2.15. The molecule has 1 radical (unpaired) electrons. The Morgan fingerprint density at radius 3 is 2.22 bits per heavy atom. The van der Waals surface area contributed by atoms with E-state index >= 15 is 0 Å². The van der Waals surface area contributed by atoms with Gasteiger partial charge in [0.1, 0.15) is 0 Å². The summed E-state index contributed by atoms with van der Waals surface area (Å²) in [5, 5.41) is 17.9. The van der Waals surface area contributed by atoms with Crippen molar-refractivity contribution in [3.63, 3.8) is 0 Å². The van der Waals surface area contributed by atoms with E-state index in [4.69, 9.17) is 10.2 Å². The quantitative estimate of drug-likeness (QED) is 0.590. The van der Waals surface area contributed by atoms with Gasteiger partial charge in [-0.2, -0.15) is 0 Å². The van der Waals surface area contributed by atoms with Gasteiger partial charge in [0.05, 0.1) is 12.2 Å². The molecule has 0 saturated carbocycles. The Labute approximate surface area is 56.5 Å². The first kappa shape index (κ1) is 8.92. The Hall–Kier alpha value is -0.0800. The second-order valence-electron chi connectivity index (χ2n) is 2.24. The van der Waals surface area contributed by atoms with Gasteiger partial charge in [0.15, 0.2) is 0 Å². The molecule has 0 rings (SSSR count). The molecule has 0 aromatic rings. The van der Waals surface area contributed by atoms with Crippen LogP contribution < -0.4 is 0 Å². The van der Waals surface area contributed by atoms with Crippen LogP contribution in [0.4, 0.5) is 0 Å². The molecule has 0 bridgehead atoms. The Morgan fingerprint density at radius 1 is 1.33 bits per heavy atom. The van der Waals surface area contributed by atoms with Crippen LogP contribution in [0.25, 0.3) is 0 Å². The molecule has 2 atom stereocenters. The molecule has 2 nitrogen and oxygen atoms in total. The summed E-state index contributed by atoms with van der Waals surface area (Å²) in [5.41, 5.74) is 0. The largest absolute Gasteiger partial charge is 0.393 e. The summed E-state index contributed by atoms with van der Waals surface area (Å²) in [6.45, 7) is 5.40. The van der Waals surface area contributed by atoms with E-state index in [-0.39, 0.29) is 6.10 Å². The molecule has 2 unspecified atom stereocenters. The summed E-state index contributed by atoms with van der Waals surface area (Å²) >= 11 is 0. The topological polar surface area (TPSA) is 40.5 Å². The molecule has 0 amide bonds. The van der Waals surface area contributed by atoms with Gasteiger partial charge in [-0.3, -0.25) is 0 Å². The Balaban J connectivity index is 3.22. The highest BCUT2D eigenvalue weighted by Crippen LogP contribution is 2.03. The van der Waals surface area contributed by atoms with Crippen molar-refractivity contribution in [2.45, 2.75) is 38.4 Å². The van der Waals surface area contributed by atoms with E-state index in [0.717, 1.165) is 0 Å². The van der Waals surface area contributed by atoms with Crippen molar-refractivity contribution >= 4 is 0 Å². The fourth-order valence-electron chi connectivity index (χ4n) is 0.599. The third kappa shape index (κ3) is 4.43. The molecule has 2 N–H and O–H groups in total. The number of aliphatic hydroxyl groups excluding tert-OH is 2. The molecule has 0 aliphatic heterocycles. The molecule has 0 spiro atoms. The highest BCUT2D eigenvalue weighted by Gasteiger charge is 2.06. The average Bonchev–Trinajstić information content (AvgIpc) is 1.87. The van der Waals surface area contributed by atoms with Crippen LogP contribution in [0.15, 0.2) is 0 Å². The van der Waals surface area contributed by atoms with Gasteiger partial charge >= 0.3 is 0 Å². The lowest BCUT2D eigenvalue weighted by molar-refractivity contribution is 0.0798. The van der Waals surface area contributed by atoms with E-state index in [0.29, 0.717) is 19.3 Å². The van der Waals surface area contributed by atoms with Crippen LogP contribution in [0.1, 0.15) is 26.2 Å². The lowest BCUT2D eigenvalue weighted by atomic mass is 10.1. The molecule has 0 heterocycles. The van der Waals surface area contributed by atoms with Crippen molar-refractivity contribution < 1.29 is 10.2 Å². The van der Waals surface area contributed by atoms with Crippen molar-refractivity contribution in [3.8, 4) is 0 Å². The molecule has 9 heavy (non-hydrogen) atoms. The second kappa shape index (κ2) is 4.77. The Bertz CT molecular complexity index is 55.9. The van der Waals surface area contributed by atoms with Gasteiger partial charge in [-0.15, -0.1) is 0 Å². The highest BCUT2D eigenvalue weighted by atomic mass is 16.3. The third-order valence-corrected chi connectivity index (χ3v) is 1.35. The van der Waals surface area contributed by atoms with E-state index in [9.17, 15) is 0 Å². The molecule has 0 aromatic heterocycles. The van der Waals surface area contributed by atoms with E-state index in [1.807, 2.05) is 6.92 Å². The van der Waals surface area contributed by atoms with Gasteiger partial charge in [0.2, 0.25) is 0 Å². The molecular formula is C7H15O2. The van der Waals surface area contributed by atoms with Crippen molar-refractivity contribution in [2.75, 3.05) is 0 Å². The molecule has 0 aliphatic carbocycles. The minimum atomic E-state index is -0.431. The predicted molar refractivity (Wildman–Crippen MR) is 36.9 cm³/mol. The fraction of sp³-hybridized carbons (Fsp3) is 0.857. The molecule has 0 saturated heterocycles. The number of aliphatic hydroxyl groups is 2. The van der Waals surface area contributed by atoms with Crippen molar-refractivity contribution in [2.24, 2.45) is 0 Å². The van der Waals surface area contributed by atoms with Gasteiger partial charge in [0, 0.05) is 0 Å². The third-order valence-electron chi connectivity index (χ3n) is 1.35. The molecule has 55 valence electrons. The number of rotatable bonds is 4. The summed E-state index contributed by atoms with van der Waals surface area (Å²) < 4.78 is 0. The Kier molecular flexibility index (Phi) is 4.72. The molecule has 0 aliphatic rings. The predicted octanol–water partition coefficient (Wildman–Crippen LogP) is 0.732. The summed E-state index contributed by atoms with van der Waals surface area (Å²) in [6.07, 6.45) is 0.857. The van der Waals surface area contributed by atoms with Crippen LogP contribution >= 0.6 is 0 Å². The SMILES string of the molecule is [CH2]CC(O)CC(O)CC. The molecular weight excluding hydrogens is 116 g/mol. The standard InChI is InChI=1S/C7H15O2/c1-3-6(8)5-7(9)4-2/h6-9H,1,3-5H2,2H3. The van der Waals surface area contributed by atoms with Crippen LogP contribution in [0.3, 0.4) is 0 Å². The van der Waals surface area contributed by atoms with Crippen molar-refractivity contribution in [1.29, 1.82) is 0 Å². The van der Waals surface area contributed by atoms with Gasteiger partial charge < -0.3 is 10.2 Å². The first-order valence-corrected chi connectivity index (χ1v) is 3.36. The summed E-state index contributed by atoms with van der Waals surface area (Å²) in [5.74, 6) is 0. The van der Waals surface area contributed by atoms with Crippen molar-refractivity contribution in [1.82, 2.24) is 0 Å². The number of hydrogen-bond acceptors (Lipinski definition) is 2. The summed E-state index contributed by atoms with van der Waals surface area (Å²) in [4.78, 5) is 0. The monoisotopic (exact) mass is 131 g/mol. The van der Waals surface area contributed by atoms with Crippen LogP contribution in [-0.4, -0.2) is 22.4 Å². The molecule has 0 fully saturated rings. The first-order chi connectivity index (χ1) is 4.20. The minimum absolute atomic E-state index is 0.359. The maximum Gasteiger partial charge on any atom is 0.0564 e. The smallest absolute Gasteiger partial charge is 0.0564 e. The molecule has 0 aromatic carbocycles. The first-order valence-electron chi connectivity index (χ1n) is 3.36. The fourth-order valence-corrected chi connectivity index (χ4v) is 0.599. The van der Waals surface area contributed by atoms with E-state index in [1.165, 1.54) is 0 Å². The maximum absolute atomic E-state index is 8.97. The summed E-state index contributed by atoms with van der Waals surface area (Å²) in [6, 6.07) is 0. The van der Waals surface area contributed by atoms with E-state index < -0.39 is 6.10 Å². The minimum Gasteiger partial charge on any atom is -0.393 e. The van der Waals surface area contributed by atoms with E-state index in [1.54, 1.807) is 0 Å². The van der Waals surface area contributed by atoms with Gasteiger partial charge in [0.25, 0.3) is 0 Å². The highest BCUT2D eigenvalue weighted by molar-refractivity contribution is 4.62. The van der Waals surface area contributed by atoms with E-state index in [2.05, 4.69) is 6.92 Å². The Morgan fingerprint density at radius 2 is 1.89 bits per heavy atom. The maximum atomic E-state index is 8.97. The van der Waals surface area contributed by atoms with Crippen LogP contribution in [0.2, 0.25) is 0 Å². The zero-order valence-electron chi connectivity index (χ0n) is 5.88. The second-order valence-corrected chi connectivity index (χ2v) is 2.24. The number of hydrogen-bond donors (Lipinski definition) is 2. The molecule has 2 heteroatoms. The summed E-state index contributed by atoms with van der Waals surface area (Å²) in [7, 11) is 0. The average molecular weight is 131 g/mol. The zero-order chi connectivity index (χ0) is 7.28.